The Morgan fingerprint density at radius 2 is 2.37 bits per heavy atom. The van der Waals surface area contributed by atoms with Gasteiger partial charge in [0.2, 0.25) is 5.91 Å². The number of imidazole rings is 1. The van der Waals surface area contributed by atoms with Crippen LogP contribution >= 0.6 is 0 Å². The second-order valence-corrected chi connectivity index (χ2v) is 3.76. The molecular formula is C12H15N5O2. The summed E-state index contributed by atoms with van der Waals surface area (Å²) in [6, 6.07) is 3.56. The standard InChI is InChI=1S/C12H15N5O2/c13-3-6-19-8-12(18)16-10-1-2-11(15-7-10)17-5-4-14-9-17/h1-2,4-5,7,9H,3,6,8,13H2,(H,16,18). The molecule has 3 N–H and O–H groups in total. The summed E-state index contributed by atoms with van der Waals surface area (Å²) >= 11 is 0. The van der Waals surface area contributed by atoms with Gasteiger partial charge in [-0.1, -0.05) is 0 Å². The van der Waals surface area contributed by atoms with Gasteiger partial charge >= 0.3 is 0 Å². The van der Waals surface area contributed by atoms with Gasteiger partial charge in [0.25, 0.3) is 0 Å². The molecule has 0 aliphatic rings. The number of hydrogen-bond acceptors (Lipinski definition) is 5. The molecule has 0 bridgehead atoms. The molecule has 2 rings (SSSR count). The van der Waals surface area contributed by atoms with Gasteiger partial charge in [0.05, 0.1) is 18.5 Å². The summed E-state index contributed by atoms with van der Waals surface area (Å²) in [6.07, 6.45) is 6.70. The first-order chi connectivity index (χ1) is 9.29. The van der Waals surface area contributed by atoms with E-state index in [2.05, 4.69) is 15.3 Å². The fraction of sp³-hybridized carbons (Fsp3) is 0.250. The van der Waals surface area contributed by atoms with Crippen molar-refractivity contribution in [3.63, 3.8) is 0 Å². The van der Waals surface area contributed by atoms with E-state index < -0.39 is 0 Å². The zero-order valence-electron chi connectivity index (χ0n) is 10.3. The largest absolute Gasteiger partial charge is 0.370 e. The van der Waals surface area contributed by atoms with Gasteiger partial charge in [-0.3, -0.25) is 9.36 Å². The number of nitrogens with one attached hydrogen (secondary N) is 1. The molecule has 7 nitrogen and oxygen atoms in total. The first-order valence-electron chi connectivity index (χ1n) is 5.81. The van der Waals surface area contributed by atoms with Gasteiger partial charge in [0.15, 0.2) is 0 Å². The van der Waals surface area contributed by atoms with Crippen molar-refractivity contribution in [3.8, 4) is 5.82 Å². The highest BCUT2D eigenvalue weighted by atomic mass is 16.5. The molecular weight excluding hydrogens is 246 g/mol. The smallest absolute Gasteiger partial charge is 0.250 e. The Labute approximate surface area is 110 Å². The Hall–Kier alpha value is -2.25. The van der Waals surface area contributed by atoms with Crippen LogP contribution in [-0.4, -0.2) is 40.2 Å². The van der Waals surface area contributed by atoms with Crippen molar-refractivity contribution >= 4 is 11.6 Å². The maximum atomic E-state index is 11.5. The van der Waals surface area contributed by atoms with Crippen LogP contribution in [-0.2, 0) is 9.53 Å². The predicted molar refractivity (Wildman–Crippen MR) is 69.9 cm³/mol. The van der Waals surface area contributed by atoms with Crippen molar-refractivity contribution in [2.24, 2.45) is 5.73 Å². The predicted octanol–water partition coefficient (Wildman–Crippen LogP) is 0.181. The number of carbonyl (C=O) groups is 1. The number of nitrogens with two attached hydrogens (primary N) is 1. The van der Waals surface area contributed by atoms with Crippen molar-refractivity contribution in [1.29, 1.82) is 0 Å². The van der Waals surface area contributed by atoms with E-state index in [1.54, 1.807) is 41.6 Å². The summed E-state index contributed by atoms with van der Waals surface area (Å²) in [7, 11) is 0. The fourth-order valence-electron chi connectivity index (χ4n) is 1.45. The number of rotatable bonds is 6. The minimum absolute atomic E-state index is 0.0134. The average Bonchev–Trinajstić information content (AvgIpc) is 2.94. The molecule has 0 spiro atoms. The van der Waals surface area contributed by atoms with E-state index in [0.717, 1.165) is 5.82 Å². The minimum atomic E-state index is -0.231. The second-order valence-electron chi connectivity index (χ2n) is 3.76. The lowest BCUT2D eigenvalue weighted by atomic mass is 10.4. The highest BCUT2D eigenvalue weighted by molar-refractivity contribution is 5.91. The molecule has 0 radical (unpaired) electrons. The maximum Gasteiger partial charge on any atom is 0.250 e. The first kappa shape index (κ1) is 13.2. The molecule has 1 amide bonds. The molecule has 100 valence electrons. The Morgan fingerprint density at radius 3 is 3.00 bits per heavy atom. The highest BCUT2D eigenvalue weighted by Gasteiger charge is 2.03. The third kappa shape index (κ3) is 3.87. The van der Waals surface area contributed by atoms with Gasteiger partial charge in [-0.15, -0.1) is 0 Å². The monoisotopic (exact) mass is 261 g/mol. The number of ether oxygens (including phenoxy) is 1. The number of pyridine rings is 1. The van der Waals surface area contributed by atoms with Gasteiger partial charge in [-0.2, -0.15) is 0 Å². The number of anilines is 1. The lowest BCUT2D eigenvalue weighted by Gasteiger charge is -2.06. The van der Waals surface area contributed by atoms with E-state index in [9.17, 15) is 4.79 Å². The zero-order chi connectivity index (χ0) is 13.5. The molecule has 7 heteroatoms. The van der Waals surface area contributed by atoms with Crippen LogP contribution in [0, 0.1) is 0 Å². The van der Waals surface area contributed by atoms with Gasteiger partial charge < -0.3 is 15.8 Å². The van der Waals surface area contributed by atoms with Crippen LogP contribution in [0.3, 0.4) is 0 Å². The SMILES string of the molecule is NCCOCC(=O)Nc1ccc(-n2ccnc2)nc1. The molecule has 0 saturated heterocycles. The van der Waals surface area contributed by atoms with Crippen molar-refractivity contribution in [3.05, 3.63) is 37.1 Å². The van der Waals surface area contributed by atoms with E-state index in [1.807, 2.05) is 0 Å². The molecule has 0 unspecified atom stereocenters. The van der Waals surface area contributed by atoms with Gasteiger partial charge in [-0.25, -0.2) is 9.97 Å². The Kier molecular flexibility index (Phi) is 4.60. The van der Waals surface area contributed by atoms with Crippen molar-refractivity contribution < 1.29 is 9.53 Å². The average molecular weight is 261 g/mol. The minimum Gasteiger partial charge on any atom is -0.370 e. The van der Waals surface area contributed by atoms with Crippen molar-refractivity contribution in [2.75, 3.05) is 25.1 Å². The molecule has 2 aromatic heterocycles. The van der Waals surface area contributed by atoms with E-state index in [-0.39, 0.29) is 12.5 Å². The molecule has 0 fully saturated rings. The van der Waals surface area contributed by atoms with Crippen molar-refractivity contribution in [1.82, 2.24) is 14.5 Å². The lowest BCUT2D eigenvalue weighted by Crippen LogP contribution is -2.20. The molecule has 0 saturated carbocycles. The summed E-state index contributed by atoms with van der Waals surface area (Å²) in [6.45, 7) is 0.750. The summed E-state index contributed by atoms with van der Waals surface area (Å²) in [4.78, 5) is 19.6. The Morgan fingerprint density at radius 1 is 1.47 bits per heavy atom. The molecule has 19 heavy (non-hydrogen) atoms. The lowest BCUT2D eigenvalue weighted by molar-refractivity contribution is -0.120. The topological polar surface area (TPSA) is 95.1 Å². The fourth-order valence-corrected chi connectivity index (χ4v) is 1.45. The molecule has 2 aromatic rings. The summed E-state index contributed by atoms with van der Waals surface area (Å²) in [5.41, 5.74) is 5.87. The Bertz CT molecular complexity index is 509. The van der Waals surface area contributed by atoms with Gasteiger partial charge in [0, 0.05) is 18.9 Å². The third-order valence-electron chi connectivity index (χ3n) is 2.30. The van der Waals surface area contributed by atoms with E-state index in [4.69, 9.17) is 10.5 Å². The first-order valence-corrected chi connectivity index (χ1v) is 5.81. The zero-order valence-corrected chi connectivity index (χ0v) is 10.3. The normalized spacial score (nSPS) is 10.4. The van der Waals surface area contributed by atoms with Crippen LogP contribution in [0.4, 0.5) is 5.69 Å². The van der Waals surface area contributed by atoms with Crippen molar-refractivity contribution in [2.45, 2.75) is 0 Å². The van der Waals surface area contributed by atoms with Crippen LogP contribution in [0.2, 0.25) is 0 Å². The van der Waals surface area contributed by atoms with Crippen LogP contribution in [0.15, 0.2) is 37.1 Å². The van der Waals surface area contributed by atoms with Crippen LogP contribution < -0.4 is 11.1 Å². The molecule has 0 atom stereocenters. The van der Waals surface area contributed by atoms with E-state index in [0.29, 0.717) is 18.8 Å². The van der Waals surface area contributed by atoms with Crippen LogP contribution in [0.5, 0.6) is 0 Å². The number of carbonyl (C=O) groups excluding carboxylic acids is 1. The molecule has 2 heterocycles. The summed E-state index contributed by atoms with van der Waals surface area (Å²) < 4.78 is 6.80. The third-order valence-corrected chi connectivity index (χ3v) is 2.30. The molecule has 0 aliphatic carbocycles. The van der Waals surface area contributed by atoms with Gasteiger partial charge in [-0.05, 0) is 12.1 Å². The number of nitrogens with zero attached hydrogens (tertiary/aromatic N) is 3. The number of hydrogen-bond donors (Lipinski definition) is 2. The summed E-state index contributed by atoms with van der Waals surface area (Å²) in [5, 5.41) is 2.68. The van der Waals surface area contributed by atoms with Crippen LogP contribution in [0.25, 0.3) is 5.82 Å². The number of amides is 1. The van der Waals surface area contributed by atoms with Gasteiger partial charge in [0.1, 0.15) is 18.8 Å². The molecule has 0 aromatic carbocycles. The number of aromatic nitrogens is 3. The highest BCUT2D eigenvalue weighted by Crippen LogP contribution is 2.09. The van der Waals surface area contributed by atoms with Crippen LogP contribution in [0.1, 0.15) is 0 Å². The second kappa shape index (κ2) is 6.62. The Balaban J connectivity index is 1.90. The molecule has 0 aliphatic heterocycles. The van der Waals surface area contributed by atoms with E-state index >= 15 is 0 Å². The quantitative estimate of drug-likeness (QED) is 0.723. The van der Waals surface area contributed by atoms with E-state index in [1.165, 1.54) is 0 Å². The maximum absolute atomic E-state index is 11.5. The summed E-state index contributed by atoms with van der Waals surface area (Å²) in [5.74, 6) is 0.500.